The summed E-state index contributed by atoms with van der Waals surface area (Å²) < 4.78 is 19.3. The molecule has 1 aliphatic heterocycles. The quantitative estimate of drug-likeness (QED) is 0.693. The maximum atomic E-state index is 13.8. The number of thiazole rings is 1. The van der Waals surface area contributed by atoms with Crippen molar-refractivity contribution in [3.05, 3.63) is 58.7 Å². The van der Waals surface area contributed by atoms with Gasteiger partial charge in [0.05, 0.1) is 16.9 Å². The summed E-state index contributed by atoms with van der Waals surface area (Å²) in [6.07, 6.45) is -0.542. The van der Waals surface area contributed by atoms with Crippen LogP contribution in [-0.4, -0.2) is 22.9 Å². The summed E-state index contributed by atoms with van der Waals surface area (Å²) in [4.78, 5) is 29.5. The number of fused-ring (bicyclic) bond motifs is 1. The fourth-order valence-electron chi connectivity index (χ4n) is 2.88. The lowest BCUT2D eigenvalue weighted by molar-refractivity contribution is -0.122. The van der Waals surface area contributed by atoms with E-state index in [-0.39, 0.29) is 11.5 Å². The molecule has 6 nitrogen and oxygen atoms in total. The number of anilines is 2. The van der Waals surface area contributed by atoms with Gasteiger partial charge < -0.3 is 10.1 Å². The highest BCUT2D eigenvalue weighted by atomic mass is 32.1. The van der Waals surface area contributed by atoms with Crippen LogP contribution in [0.3, 0.4) is 0 Å². The molecule has 28 heavy (non-hydrogen) atoms. The van der Waals surface area contributed by atoms with Gasteiger partial charge in [-0.05, 0) is 44.2 Å². The minimum absolute atomic E-state index is 0.0420. The third-order valence-electron chi connectivity index (χ3n) is 4.32. The number of nitrogens with one attached hydrogen (secondary N) is 2. The Morgan fingerprint density at radius 2 is 2.07 bits per heavy atom. The summed E-state index contributed by atoms with van der Waals surface area (Å²) >= 11 is 1.29. The number of carbonyl (C=O) groups is 2. The summed E-state index contributed by atoms with van der Waals surface area (Å²) in [5.74, 6) is -0.763. The molecule has 3 aromatic rings. The van der Waals surface area contributed by atoms with Gasteiger partial charge in [0.15, 0.2) is 11.2 Å². The standard InChI is InChI=1S/C20H16FN3O3S/c1-10-18(25)22-15-9-12(7-8-16(15)27-10)17-11(2)28-20(23-17)24-19(26)13-5-3-4-6-14(13)21/h3-10H,1-2H3,(H,22,25)(H,23,24,26)/t10-/m0/s1. The van der Waals surface area contributed by atoms with Crippen LogP contribution in [-0.2, 0) is 4.79 Å². The molecule has 2 heterocycles. The van der Waals surface area contributed by atoms with Crippen molar-refractivity contribution in [2.45, 2.75) is 20.0 Å². The van der Waals surface area contributed by atoms with Gasteiger partial charge in [-0.3, -0.25) is 14.9 Å². The number of rotatable bonds is 3. The maximum Gasteiger partial charge on any atom is 0.265 e. The number of aromatic nitrogens is 1. The molecule has 0 radical (unpaired) electrons. The molecule has 1 aromatic heterocycles. The highest BCUT2D eigenvalue weighted by Gasteiger charge is 2.24. The summed E-state index contributed by atoms with van der Waals surface area (Å²) in [7, 11) is 0. The molecule has 0 spiro atoms. The summed E-state index contributed by atoms with van der Waals surface area (Å²) in [6.45, 7) is 3.56. The predicted octanol–water partition coefficient (Wildman–Crippen LogP) is 4.23. The maximum absolute atomic E-state index is 13.8. The Hall–Kier alpha value is -3.26. The van der Waals surface area contributed by atoms with Gasteiger partial charge in [0, 0.05) is 10.4 Å². The van der Waals surface area contributed by atoms with Gasteiger partial charge >= 0.3 is 0 Å². The van der Waals surface area contributed by atoms with Crippen molar-refractivity contribution in [1.29, 1.82) is 0 Å². The molecule has 2 amide bonds. The largest absolute Gasteiger partial charge is 0.479 e. The fourth-order valence-corrected chi connectivity index (χ4v) is 3.71. The van der Waals surface area contributed by atoms with E-state index in [1.54, 1.807) is 25.1 Å². The fraction of sp³-hybridized carbons (Fsp3) is 0.150. The normalized spacial score (nSPS) is 15.4. The highest BCUT2D eigenvalue weighted by Crippen LogP contribution is 2.37. The van der Waals surface area contributed by atoms with E-state index in [2.05, 4.69) is 15.6 Å². The molecule has 0 unspecified atom stereocenters. The number of hydrogen-bond donors (Lipinski definition) is 2. The van der Waals surface area contributed by atoms with E-state index in [4.69, 9.17) is 4.74 Å². The zero-order chi connectivity index (χ0) is 19.8. The topological polar surface area (TPSA) is 80.3 Å². The molecule has 4 rings (SSSR count). The van der Waals surface area contributed by atoms with Crippen LogP contribution in [0.15, 0.2) is 42.5 Å². The zero-order valence-electron chi connectivity index (χ0n) is 15.1. The Labute approximate surface area is 164 Å². The minimum atomic E-state index is -0.590. The summed E-state index contributed by atoms with van der Waals surface area (Å²) in [5, 5.41) is 5.81. The molecule has 2 aromatic carbocycles. The van der Waals surface area contributed by atoms with E-state index < -0.39 is 17.8 Å². The lowest BCUT2D eigenvalue weighted by Crippen LogP contribution is -2.34. The van der Waals surface area contributed by atoms with Crippen molar-refractivity contribution in [1.82, 2.24) is 4.98 Å². The molecule has 1 aliphatic rings. The average Bonchev–Trinajstić information content (AvgIpc) is 3.02. The minimum Gasteiger partial charge on any atom is -0.479 e. The van der Waals surface area contributed by atoms with Crippen LogP contribution < -0.4 is 15.4 Å². The molecular formula is C20H16FN3O3S. The number of carbonyl (C=O) groups excluding carboxylic acids is 2. The first-order valence-electron chi connectivity index (χ1n) is 8.57. The van der Waals surface area contributed by atoms with Crippen LogP contribution in [0.25, 0.3) is 11.3 Å². The van der Waals surface area contributed by atoms with Gasteiger partial charge in [0.25, 0.3) is 11.8 Å². The van der Waals surface area contributed by atoms with Gasteiger partial charge in [-0.2, -0.15) is 0 Å². The van der Waals surface area contributed by atoms with E-state index in [1.807, 2.05) is 13.0 Å². The second-order valence-electron chi connectivity index (χ2n) is 6.32. The van der Waals surface area contributed by atoms with Gasteiger partial charge in [-0.25, -0.2) is 9.37 Å². The second-order valence-corrected chi connectivity index (χ2v) is 7.52. The van der Waals surface area contributed by atoms with Gasteiger partial charge in [-0.1, -0.05) is 12.1 Å². The number of halogens is 1. The SMILES string of the molecule is Cc1sc(NC(=O)c2ccccc2F)nc1-c1ccc2c(c1)NC(=O)[C@H](C)O2. The average molecular weight is 397 g/mol. The second kappa shape index (κ2) is 7.05. The molecule has 0 saturated carbocycles. The zero-order valence-corrected chi connectivity index (χ0v) is 15.9. The van der Waals surface area contributed by atoms with E-state index in [1.165, 1.54) is 29.5 Å². The van der Waals surface area contributed by atoms with Crippen molar-refractivity contribution < 1.29 is 18.7 Å². The Morgan fingerprint density at radius 3 is 2.86 bits per heavy atom. The molecule has 8 heteroatoms. The Balaban J connectivity index is 1.60. The molecule has 142 valence electrons. The third-order valence-corrected chi connectivity index (χ3v) is 5.21. The molecule has 0 aliphatic carbocycles. The lowest BCUT2D eigenvalue weighted by Gasteiger charge is -2.23. The summed E-state index contributed by atoms with van der Waals surface area (Å²) in [6, 6.07) is 11.2. The van der Waals surface area contributed by atoms with Gasteiger partial charge in [0.1, 0.15) is 11.6 Å². The number of ether oxygens (including phenoxy) is 1. The number of nitrogens with zero attached hydrogens (tertiary/aromatic N) is 1. The number of aryl methyl sites for hydroxylation is 1. The van der Waals surface area contributed by atoms with Gasteiger partial charge in [0.2, 0.25) is 0 Å². The first-order valence-corrected chi connectivity index (χ1v) is 9.39. The van der Waals surface area contributed by atoms with Crippen molar-refractivity contribution >= 4 is 34.0 Å². The van der Waals surface area contributed by atoms with E-state index >= 15 is 0 Å². The third kappa shape index (κ3) is 3.34. The Bertz CT molecular complexity index is 1100. The molecule has 0 fully saturated rings. The van der Waals surface area contributed by atoms with Crippen molar-refractivity contribution in [2.24, 2.45) is 0 Å². The van der Waals surface area contributed by atoms with Crippen LogP contribution in [0.2, 0.25) is 0 Å². The monoisotopic (exact) mass is 397 g/mol. The van der Waals surface area contributed by atoms with Crippen LogP contribution in [0.4, 0.5) is 15.2 Å². The van der Waals surface area contributed by atoms with Crippen LogP contribution >= 0.6 is 11.3 Å². The smallest absolute Gasteiger partial charge is 0.265 e. The summed E-state index contributed by atoms with van der Waals surface area (Å²) in [5.41, 5.74) is 1.98. The Kier molecular flexibility index (Phi) is 4.56. The first kappa shape index (κ1) is 18.1. The van der Waals surface area contributed by atoms with Crippen molar-refractivity contribution in [2.75, 3.05) is 10.6 Å². The van der Waals surface area contributed by atoms with Crippen molar-refractivity contribution in [3.8, 4) is 17.0 Å². The molecule has 0 saturated heterocycles. The van der Waals surface area contributed by atoms with Gasteiger partial charge in [-0.15, -0.1) is 11.3 Å². The van der Waals surface area contributed by atoms with Crippen LogP contribution in [0.1, 0.15) is 22.2 Å². The van der Waals surface area contributed by atoms with Crippen LogP contribution in [0.5, 0.6) is 5.75 Å². The molecular weight excluding hydrogens is 381 g/mol. The molecule has 1 atom stereocenters. The number of hydrogen-bond acceptors (Lipinski definition) is 5. The predicted molar refractivity (Wildman–Crippen MR) is 105 cm³/mol. The highest BCUT2D eigenvalue weighted by molar-refractivity contribution is 7.16. The first-order chi connectivity index (χ1) is 13.4. The van der Waals surface area contributed by atoms with E-state index in [0.717, 1.165) is 10.4 Å². The van der Waals surface area contributed by atoms with Crippen molar-refractivity contribution in [3.63, 3.8) is 0 Å². The Morgan fingerprint density at radius 1 is 1.29 bits per heavy atom. The van der Waals surface area contributed by atoms with E-state index in [0.29, 0.717) is 22.3 Å². The number of benzene rings is 2. The van der Waals surface area contributed by atoms with E-state index in [9.17, 15) is 14.0 Å². The molecule has 2 N–H and O–H groups in total. The number of amides is 2. The molecule has 0 bridgehead atoms. The lowest BCUT2D eigenvalue weighted by atomic mass is 10.1. The van der Waals surface area contributed by atoms with Crippen LogP contribution in [0, 0.1) is 12.7 Å².